The van der Waals surface area contributed by atoms with Crippen molar-refractivity contribution in [3.8, 4) is 0 Å². The van der Waals surface area contributed by atoms with Crippen molar-refractivity contribution in [3.05, 3.63) is 100 Å². The van der Waals surface area contributed by atoms with E-state index in [4.69, 9.17) is 12.2 Å². The number of nitrogens with zero attached hydrogens (tertiary/aromatic N) is 2. The van der Waals surface area contributed by atoms with Crippen LogP contribution in [0.15, 0.2) is 79.1 Å². The fourth-order valence-corrected chi connectivity index (χ4v) is 3.02. The van der Waals surface area contributed by atoms with Gasteiger partial charge in [-0.05, 0) is 19.1 Å². The number of rotatable bonds is 5. The Labute approximate surface area is 167 Å². The number of aromatic nitrogens is 1. The molecule has 0 fully saturated rings. The topological polar surface area (TPSA) is 79.3 Å². The monoisotopic (exact) mass is 392 g/mol. The molecule has 28 heavy (non-hydrogen) atoms. The average molecular weight is 392 g/mol. The Morgan fingerprint density at radius 3 is 2.36 bits per heavy atom. The molecule has 0 aliphatic heterocycles. The van der Waals surface area contributed by atoms with E-state index in [0.29, 0.717) is 16.8 Å². The highest BCUT2D eigenvalue weighted by molar-refractivity contribution is 7.81. The van der Waals surface area contributed by atoms with E-state index < -0.39 is 4.92 Å². The minimum atomic E-state index is -0.470. The summed E-state index contributed by atoms with van der Waals surface area (Å²) in [6.45, 7) is 1.65. The van der Waals surface area contributed by atoms with Crippen LogP contribution in [0.1, 0.15) is 11.1 Å². The quantitative estimate of drug-likeness (QED) is 0.167. The third-order valence-corrected chi connectivity index (χ3v) is 4.42. The van der Waals surface area contributed by atoms with Crippen molar-refractivity contribution < 1.29 is 14.6 Å². The van der Waals surface area contributed by atoms with E-state index in [2.05, 4.69) is 5.32 Å². The Hall–Kier alpha value is -3.58. The summed E-state index contributed by atoms with van der Waals surface area (Å²) in [5.41, 5.74) is 1.84. The number of pyridine rings is 1. The molecular weight excluding hydrogens is 374 g/mol. The van der Waals surface area contributed by atoms with Gasteiger partial charge in [0, 0.05) is 35.0 Å². The normalized spacial score (nSPS) is 11.5. The number of aryl methyl sites for hydroxylation is 1. The Morgan fingerprint density at radius 2 is 1.71 bits per heavy atom. The van der Waals surface area contributed by atoms with Crippen molar-refractivity contribution in [2.45, 2.75) is 6.92 Å². The van der Waals surface area contributed by atoms with Gasteiger partial charge in [-0.15, -0.1) is 0 Å². The second kappa shape index (κ2) is 8.41. The summed E-state index contributed by atoms with van der Waals surface area (Å²) in [6.07, 6.45) is 3.49. The largest absolute Gasteiger partial charge is 0.502 e. The molecule has 0 unspecified atom stereocenters. The molecule has 7 heteroatoms. The van der Waals surface area contributed by atoms with Crippen molar-refractivity contribution in [3.63, 3.8) is 0 Å². The number of benzene rings is 2. The molecule has 0 radical (unpaired) electrons. The van der Waals surface area contributed by atoms with E-state index in [0.717, 1.165) is 5.69 Å². The standard InChI is InChI=1S/C21H17N3O3S/c1-15-10-11-16(14-18(15)24(26)27)20(25)19(23-12-6-3-7-13-23)21(28)22-17-8-4-2-5-9-17/h2-14H,1H3,(H-,22,25,28)/p+1. The van der Waals surface area contributed by atoms with E-state index in [9.17, 15) is 15.2 Å². The van der Waals surface area contributed by atoms with Crippen LogP contribution in [0.5, 0.6) is 0 Å². The molecule has 0 aliphatic carbocycles. The summed E-state index contributed by atoms with van der Waals surface area (Å²) in [5, 5.41) is 25.4. The first kappa shape index (κ1) is 19.2. The SMILES string of the molecule is Cc1ccc(/C(O)=C(\C(=S)Nc2ccccc2)[n+]2ccccc2)cc1[N+](=O)[O-]. The van der Waals surface area contributed by atoms with Gasteiger partial charge in [-0.25, -0.2) is 0 Å². The minimum Gasteiger partial charge on any atom is -0.502 e. The summed E-state index contributed by atoms with van der Waals surface area (Å²) in [4.78, 5) is 11.1. The first-order valence-corrected chi connectivity index (χ1v) is 8.90. The van der Waals surface area contributed by atoms with Crippen molar-refractivity contribution >= 4 is 40.0 Å². The second-order valence-electron chi connectivity index (χ2n) is 6.06. The van der Waals surface area contributed by atoms with Crippen molar-refractivity contribution in [1.29, 1.82) is 0 Å². The third kappa shape index (κ3) is 4.21. The van der Waals surface area contributed by atoms with Crippen LogP contribution in [-0.4, -0.2) is 15.0 Å². The van der Waals surface area contributed by atoms with Crippen LogP contribution in [0.2, 0.25) is 0 Å². The zero-order valence-corrected chi connectivity index (χ0v) is 15.9. The zero-order chi connectivity index (χ0) is 20.1. The summed E-state index contributed by atoms with van der Waals surface area (Å²) >= 11 is 5.54. The fourth-order valence-electron chi connectivity index (χ4n) is 2.70. The van der Waals surface area contributed by atoms with E-state index in [1.807, 2.05) is 36.4 Å². The molecule has 0 atom stereocenters. The van der Waals surface area contributed by atoms with E-state index in [1.54, 1.807) is 48.1 Å². The number of thiocarbonyl (C=S) groups is 1. The number of hydrogen-bond acceptors (Lipinski definition) is 4. The van der Waals surface area contributed by atoms with Gasteiger partial charge in [-0.3, -0.25) is 10.1 Å². The molecule has 2 aromatic carbocycles. The number of hydrogen-bond donors (Lipinski definition) is 2. The smallest absolute Gasteiger partial charge is 0.288 e. The predicted molar refractivity (Wildman–Crippen MR) is 113 cm³/mol. The first-order valence-electron chi connectivity index (χ1n) is 8.49. The summed E-state index contributed by atoms with van der Waals surface area (Å²) in [7, 11) is 0. The van der Waals surface area contributed by atoms with E-state index in [1.165, 1.54) is 6.07 Å². The lowest BCUT2D eigenvalue weighted by Crippen LogP contribution is -2.38. The van der Waals surface area contributed by atoms with Gasteiger partial charge < -0.3 is 10.4 Å². The lowest BCUT2D eigenvalue weighted by molar-refractivity contribution is -0.575. The van der Waals surface area contributed by atoms with Gasteiger partial charge in [-0.2, -0.15) is 4.57 Å². The van der Waals surface area contributed by atoms with Crippen LogP contribution in [0.25, 0.3) is 11.5 Å². The van der Waals surface area contributed by atoms with Gasteiger partial charge in [0.15, 0.2) is 23.1 Å². The molecule has 1 heterocycles. The molecule has 0 aliphatic rings. The molecule has 1 aromatic heterocycles. The van der Waals surface area contributed by atoms with Crippen molar-refractivity contribution in [2.24, 2.45) is 0 Å². The molecule has 0 amide bonds. The van der Waals surface area contributed by atoms with Gasteiger partial charge in [0.2, 0.25) is 0 Å². The highest BCUT2D eigenvalue weighted by atomic mass is 32.1. The zero-order valence-electron chi connectivity index (χ0n) is 15.1. The lowest BCUT2D eigenvalue weighted by Gasteiger charge is -2.10. The maximum Gasteiger partial charge on any atom is 0.288 e. The van der Waals surface area contributed by atoms with Gasteiger partial charge >= 0.3 is 0 Å². The lowest BCUT2D eigenvalue weighted by atomic mass is 10.1. The summed E-state index contributed by atoms with van der Waals surface area (Å²) in [5.74, 6) is -0.160. The second-order valence-corrected chi connectivity index (χ2v) is 6.47. The number of aliphatic hydroxyl groups excluding tert-OH is 1. The minimum absolute atomic E-state index is 0.0663. The highest BCUT2D eigenvalue weighted by Gasteiger charge is 2.25. The predicted octanol–water partition coefficient (Wildman–Crippen LogP) is 4.51. The molecule has 6 nitrogen and oxygen atoms in total. The maximum absolute atomic E-state index is 11.3. The van der Waals surface area contributed by atoms with Crippen molar-refractivity contribution in [1.82, 2.24) is 0 Å². The van der Waals surface area contributed by atoms with Crippen LogP contribution in [-0.2, 0) is 0 Å². The number of nitrogens with one attached hydrogen (secondary N) is 1. The van der Waals surface area contributed by atoms with Crippen LogP contribution < -0.4 is 9.88 Å². The summed E-state index contributed by atoms with van der Waals surface area (Å²) < 4.78 is 1.67. The Morgan fingerprint density at radius 1 is 1.07 bits per heavy atom. The van der Waals surface area contributed by atoms with Crippen LogP contribution >= 0.6 is 12.2 Å². The molecule has 0 bridgehead atoms. The number of para-hydroxylation sites is 1. The Balaban J connectivity index is 2.11. The third-order valence-electron chi connectivity index (χ3n) is 4.12. The maximum atomic E-state index is 11.3. The number of nitro groups is 1. The van der Waals surface area contributed by atoms with Gasteiger partial charge in [-0.1, -0.05) is 48.6 Å². The molecule has 3 aromatic rings. The number of nitro benzene ring substituents is 1. The van der Waals surface area contributed by atoms with Crippen LogP contribution in [0.4, 0.5) is 11.4 Å². The Bertz CT molecular complexity index is 1050. The number of anilines is 1. The molecular formula is C21H18N3O3S+. The van der Waals surface area contributed by atoms with Crippen LogP contribution in [0.3, 0.4) is 0 Å². The van der Waals surface area contributed by atoms with E-state index >= 15 is 0 Å². The molecule has 140 valence electrons. The van der Waals surface area contributed by atoms with Crippen molar-refractivity contribution in [2.75, 3.05) is 5.32 Å². The first-order chi connectivity index (χ1) is 13.5. The Kier molecular flexibility index (Phi) is 5.76. The molecule has 0 saturated heterocycles. The summed E-state index contributed by atoms with van der Waals surface area (Å²) in [6, 6.07) is 19.4. The van der Waals surface area contributed by atoms with Crippen LogP contribution in [0, 0.1) is 17.0 Å². The molecule has 3 rings (SSSR count). The molecule has 2 N–H and O–H groups in total. The molecule has 0 spiro atoms. The highest BCUT2D eigenvalue weighted by Crippen LogP contribution is 2.25. The fraction of sp³-hybridized carbons (Fsp3) is 0.0476. The molecule has 0 saturated carbocycles. The number of aliphatic hydroxyl groups is 1. The van der Waals surface area contributed by atoms with Gasteiger partial charge in [0.1, 0.15) is 0 Å². The van der Waals surface area contributed by atoms with Gasteiger partial charge in [0.05, 0.1) is 4.92 Å². The van der Waals surface area contributed by atoms with Gasteiger partial charge in [0.25, 0.3) is 11.4 Å². The average Bonchev–Trinajstić information content (AvgIpc) is 2.69. The van der Waals surface area contributed by atoms with E-state index in [-0.39, 0.29) is 16.4 Å².